The van der Waals surface area contributed by atoms with E-state index in [1.54, 1.807) is 6.92 Å². The van der Waals surface area contributed by atoms with Crippen LogP contribution in [0.25, 0.3) is 0 Å². The van der Waals surface area contributed by atoms with Gasteiger partial charge in [-0.2, -0.15) is 13.2 Å². The molecule has 7 heteroatoms. The number of halogens is 3. The van der Waals surface area contributed by atoms with Gasteiger partial charge in [0.1, 0.15) is 6.04 Å². The fraction of sp³-hybridized carbons (Fsp3) is 0.333. The summed E-state index contributed by atoms with van der Waals surface area (Å²) in [6.45, 7) is 1.55. The molecule has 0 saturated heterocycles. The third-order valence-corrected chi connectivity index (χ3v) is 2.07. The minimum atomic E-state index is -4.69. The molecule has 1 aromatic rings. The predicted octanol–water partition coefficient (Wildman–Crippen LogP) is 2.47. The highest BCUT2D eigenvalue weighted by Gasteiger charge is 2.41. The molecule has 0 fully saturated rings. The highest BCUT2D eigenvalue weighted by Crippen LogP contribution is 2.35. The summed E-state index contributed by atoms with van der Waals surface area (Å²) >= 11 is 0. The van der Waals surface area contributed by atoms with E-state index in [0.29, 0.717) is 5.56 Å². The summed E-state index contributed by atoms with van der Waals surface area (Å²) in [7, 11) is 0. The number of nitro benzene ring substituents is 1. The van der Waals surface area contributed by atoms with Gasteiger partial charge in [0.2, 0.25) is 0 Å². The summed E-state index contributed by atoms with van der Waals surface area (Å²) in [6, 6.07) is 1.12. The summed E-state index contributed by atoms with van der Waals surface area (Å²) in [6.07, 6.45) is -4.69. The van der Waals surface area contributed by atoms with Crippen molar-refractivity contribution in [3.05, 3.63) is 39.4 Å². The third-order valence-electron chi connectivity index (χ3n) is 2.07. The van der Waals surface area contributed by atoms with Gasteiger partial charge in [-0.3, -0.25) is 10.1 Å². The Kier molecular flexibility index (Phi) is 3.18. The average molecular weight is 234 g/mol. The molecule has 0 aliphatic carbocycles. The van der Waals surface area contributed by atoms with Gasteiger partial charge in [0.25, 0.3) is 5.69 Å². The molecule has 0 heterocycles. The number of alkyl halides is 3. The average Bonchev–Trinajstić information content (AvgIpc) is 2.15. The molecule has 0 amide bonds. The number of benzene rings is 1. The Balaban J connectivity index is 3.28. The number of hydrogen-bond acceptors (Lipinski definition) is 3. The van der Waals surface area contributed by atoms with Gasteiger partial charge in [-0.25, -0.2) is 0 Å². The van der Waals surface area contributed by atoms with Gasteiger partial charge in [-0.05, 0) is 18.6 Å². The van der Waals surface area contributed by atoms with Crippen molar-refractivity contribution >= 4 is 5.69 Å². The molecule has 1 rings (SSSR count). The number of nitrogens with two attached hydrogens (primary N) is 1. The van der Waals surface area contributed by atoms with E-state index in [-0.39, 0.29) is 0 Å². The SMILES string of the molecule is Cc1ccc([C@@H](N)C(F)(F)F)c([N+](=O)[O-])c1. The number of rotatable bonds is 2. The first kappa shape index (κ1) is 12.4. The Morgan fingerprint density at radius 1 is 1.44 bits per heavy atom. The Morgan fingerprint density at radius 2 is 2.00 bits per heavy atom. The molecule has 0 radical (unpaired) electrons. The molecule has 88 valence electrons. The number of aryl methyl sites for hydroxylation is 1. The van der Waals surface area contributed by atoms with Crippen molar-refractivity contribution < 1.29 is 18.1 Å². The van der Waals surface area contributed by atoms with Crippen LogP contribution in [-0.2, 0) is 0 Å². The van der Waals surface area contributed by atoms with Crippen molar-refractivity contribution in [1.82, 2.24) is 0 Å². The van der Waals surface area contributed by atoms with E-state index >= 15 is 0 Å². The molecule has 0 saturated carbocycles. The van der Waals surface area contributed by atoms with Crippen molar-refractivity contribution in [2.45, 2.75) is 19.1 Å². The van der Waals surface area contributed by atoms with Crippen LogP contribution in [0.4, 0.5) is 18.9 Å². The van der Waals surface area contributed by atoms with E-state index in [0.717, 1.165) is 12.1 Å². The highest BCUT2D eigenvalue weighted by atomic mass is 19.4. The Labute approximate surface area is 89.0 Å². The van der Waals surface area contributed by atoms with Crippen LogP contribution in [0.5, 0.6) is 0 Å². The molecular weight excluding hydrogens is 225 g/mol. The van der Waals surface area contributed by atoms with Crippen LogP contribution in [-0.4, -0.2) is 11.1 Å². The van der Waals surface area contributed by atoms with Crippen LogP contribution in [0.3, 0.4) is 0 Å². The molecule has 0 aromatic heterocycles. The fourth-order valence-corrected chi connectivity index (χ4v) is 1.25. The Bertz CT molecular complexity index is 418. The maximum atomic E-state index is 12.3. The van der Waals surface area contributed by atoms with E-state index in [9.17, 15) is 23.3 Å². The van der Waals surface area contributed by atoms with Crippen molar-refractivity contribution in [2.75, 3.05) is 0 Å². The van der Waals surface area contributed by atoms with Gasteiger partial charge in [-0.15, -0.1) is 0 Å². The lowest BCUT2D eigenvalue weighted by atomic mass is 10.0. The van der Waals surface area contributed by atoms with Crippen molar-refractivity contribution in [3.63, 3.8) is 0 Å². The molecule has 1 aromatic carbocycles. The minimum Gasteiger partial charge on any atom is -0.316 e. The van der Waals surface area contributed by atoms with Gasteiger partial charge >= 0.3 is 6.18 Å². The molecule has 4 nitrogen and oxygen atoms in total. The molecule has 1 atom stereocenters. The quantitative estimate of drug-likeness (QED) is 0.631. The second-order valence-corrected chi connectivity index (χ2v) is 3.34. The Hall–Kier alpha value is -1.63. The third kappa shape index (κ3) is 2.48. The largest absolute Gasteiger partial charge is 0.407 e. The standard InChI is InChI=1S/C9H9F3N2O2/c1-5-2-3-6(7(4-5)14(15)16)8(13)9(10,11)12/h2-4,8H,13H2,1H3/t8-/m1/s1. The summed E-state index contributed by atoms with van der Waals surface area (Å²) in [4.78, 5) is 9.72. The lowest BCUT2D eigenvalue weighted by molar-refractivity contribution is -0.386. The van der Waals surface area contributed by atoms with Gasteiger partial charge in [0.05, 0.1) is 10.5 Å². The minimum absolute atomic E-state index is 0.504. The predicted molar refractivity (Wildman–Crippen MR) is 50.8 cm³/mol. The van der Waals surface area contributed by atoms with Crippen molar-refractivity contribution in [1.29, 1.82) is 0 Å². The molecule has 0 spiro atoms. The van der Waals surface area contributed by atoms with Crippen molar-refractivity contribution in [2.24, 2.45) is 5.73 Å². The molecule has 0 bridgehead atoms. The van der Waals surface area contributed by atoms with Gasteiger partial charge in [0.15, 0.2) is 0 Å². The molecule has 0 aliphatic heterocycles. The van der Waals surface area contributed by atoms with Gasteiger partial charge in [-0.1, -0.05) is 6.07 Å². The van der Waals surface area contributed by atoms with E-state index in [4.69, 9.17) is 5.73 Å². The topological polar surface area (TPSA) is 69.2 Å². The van der Waals surface area contributed by atoms with Crippen LogP contribution in [0.15, 0.2) is 18.2 Å². The summed E-state index contributed by atoms with van der Waals surface area (Å²) in [5.74, 6) is 0. The molecule has 0 aliphatic rings. The van der Waals surface area contributed by atoms with Crippen LogP contribution in [0, 0.1) is 17.0 Å². The van der Waals surface area contributed by atoms with Crippen LogP contribution in [0.1, 0.15) is 17.2 Å². The molecule has 2 N–H and O–H groups in total. The lowest BCUT2D eigenvalue weighted by Crippen LogP contribution is -2.29. The van der Waals surface area contributed by atoms with E-state index in [2.05, 4.69) is 0 Å². The van der Waals surface area contributed by atoms with Crippen molar-refractivity contribution in [3.8, 4) is 0 Å². The van der Waals surface area contributed by atoms with Crippen LogP contribution < -0.4 is 5.73 Å². The first-order valence-electron chi connectivity index (χ1n) is 4.30. The summed E-state index contributed by atoms with van der Waals surface area (Å²) in [5, 5.41) is 10.6. The summed E-state index contributed by atoms with van der Waals surface area (Å²) in [5.41, 5.74) is 4.30. The second-order valence-electron chi connectivity index (χ2n) is 3.34. The number of nitrogens with zero attached hydrogens (tertiary/aromatic N) is 1. The maximum Gasteiger partial charge on any atom is 0.407 e. The van der Waals surface area contributed by atoms with Crippen LogP contribution in [0.2, 0.25) is 0 Å². The zero-order valence-electron chi connectivity index (χ0n) is 8.28. The summed E-state index contributed by atoms with van der Waals surface area (Å²) < 4.78 is 37.0. The monoisotopic (exact) mass is 234 g/mol. The lowest BCUT2D eigenvalue weighted by Gasteiger charge is -2.15. The van der Waals surface area contributed by atoms with Gasteiger partial charge in [0, 0.05) is 6.07 Å². The number of nitro groups is 1. The zero-order chi connectivity index (χ0) is 12.5. The Morgan fingerprint density at radius 3 is 2.44 bits per heavy atom. The molecule has 0 unspecified atom stereocenters. The van der Waals surface area contributed by atoms with E-state index < -0.39 is 28.4 Å². The number of hydrogen-bond donors (Lipinski definition) is 1. The first-order valence-corrected chi connectivity index (χ1v) is 4.30. The fourth-order valence-electron chi connectivity index (χ4n) is 1.25. The second kappa shape index (κ2) is 4.09. The molecule has 16 heavy (non-hydrogen) atoms. The maximum absolute atomic E-state index is 12.3. The smallest absolute Gasteiger partial charge is 0.316 e. The van der Waals surface area contributed by atoms with Crippen LogP contribution >= 0.6 is 0 Å². The normalized spacial score (nSPS) is 13.6. The zero-order valence-corrected chi connectivity index (χ0v) is 8.28. The highest BCUT2D eigenvalue weighted by molar-refractivity contribution is 5.45. The first-order chi connectivity index (χ1) is 7.23. The van der Waals surface area contributed by atoms with Gasteiger partial charge < -0.3 is 5.73 Å². The van der Waals surface area contributed by atoms with E-state index in [1.165, 1.54) is 6.07 Å². The molecular formula is C9H9F3N2O2. The van der Waals surface area contributed by atoms with E-state index in [1.807, 2.05) is 0 Å².